The molecule has 1 aliphatic carbocycles. The maximum atomic E-state index is 2.43. The molecule has 0 fully saturated rings. The molecular weight excluding hydrogens is 264 g/mol. The molecule has 0 heterocycles. The van der Waals surface area contributed by atoms with E-state index in [1.165, 1.54) is 40.3 Å². The van der Waals surface area contributed by atoms with Gasteiger partial charge < -0.3 is 0 Å². The Morgan fingerprint density at radius 2 is 1.77 bits per heavy atom. The minimum absolute atomic E-state index is 0.694. The van der Waals surface area contributed by atoms with E-state index in [-0.39, 0.29) is 0 Å². The lowest BCUT2D eigenvalue weighted by atomic mass is 9.93. The monoisotopic (exact) mass is 290 g/mol. The number of rotatable bonds is 5. The minimum Gasteiger partial charge on any atom is -0.0726 e. The van der Waals surface area contributed by atoms with Crippen LogP contribution in [0.15, 0.2) is 54.1 Å². The molecule has 0 spiro atoms. The van der Waals surface area contributed by atoms with Crippen LogP contribution in [-0.4, -0.2) is 0 Å². The zero-order valence-corrected chi connectivity index (χ0v) is 14.0. The Balaban J connectivity index is 2.06. The van der Waals surface area contributed by atoms with E-state index in [1.807, 2.05) is 0 Å². The van der Waals surface area contributed by atoms with Gasteiger partial charge in [0.05, 0.1) is 0 Å². The van der Waals surface area contributed by atoms with E-state index in [4.69, 9.17) is 0 Å². The van der Waals surface area contributed by atoms with Crippen molar-refractivity contribution in [3.8, 4) is 0 Å². The summed E-state index contributed by atoms with van der Waals surface area (Å²) in [6.07, 6.45) is 9.54. The molecule has 0 nitrogen and oxygen atoms in total. The van der Waals surface area contributed by atoms with Crippen LogP contribution >= 0.6 is 0 Å². The molecular formula is C22H26. The van der Waals surface area contributed by atoms with E-state index in [9.17, 15) is 0 Å². The van der Waals surface area contributed by atoms with Crippen molar-refractivity contribution in [3.05, 3.63) is 65.3 Å². The predicted octanol–water partition coefficient (Wildman–Crippen LogP) is 6.55. The van der Waals surface area contributed by atoms with Crippen LogP contribution in [0, 0.1) is 5.92 Å². The van der Waals surface area contributed by atoms with Gasteiger partial charge in [0, 0.05) is 0 Å². The average Bonchev–Trinajstić information content (AvgIpc) is 3.04. The molecule has 0 heteroatoms. The standard InChI is InChI=1S/C22H26/c1-4-8-17-13-14-21(22-10-7-6-9-20(17)22)19-12-11-18(15-19)16(3)5-2/h6-7,9-10,12-16H,4-5,8,11H2,1-3H3. The fourth-order valence-corrected chi connectivity index (χ4v) is 3.44. The Bertz CT molecular complexity index is 731. The molecule has 1 unspecified atom stereocenters. The molecule has 1 aliphatic rings. The third kappa shape index (κ3) is 2.75. The molecule has 22 heavy (non-hydrogen) atoms. The highest BCUT2D eigenvalue weighted by Gasteiger charge is 2.15. The van der Waals surface area contributed by atoms with Crippen LogP contribution in [0.3, 0.4) is 0 Å². The summed E-state index contributed by atoms with van der Waals surface area (Å²) in [4.78, 5) is 0. The van der Waals surface area contributed by atoms with Crippen molar-refractivity contribution in [1.29, 1.82) is 0 Å². The van der Waals surface area contributed by atoms with Gasteiger partial charge in [0.15, 0.2) is 0 Å². The third-order valence-electron chi connectivity index (χ3n) is 4.99. The first-order chi connectivity index (χ1) is 10.7. The van der Waals surface area contributed by atoms with E-state index in [0.717, 1.165) is 12.8 Å². The highest BCUT2D eigenvalue weighted by atomic mass is 14.2. The summed E-state index contributed by atoms with van der Waals surface area (Å²) in [5.41, 5.74) is 5.87. The van der Waals surface area contributed by atoms with Crippen molar-refractivity contribution in [2.24, 2.45) is 5.92 Å². The quantitative estimate of drug-likeness (QED) is 0.585. The second-order valence-corrected chi connectivity index (χ2v) is 6.46. The summed E-state index contributed by atoms with van der Waals surface area (Å²) < 4.78 is 0. The zero-order chi connectivity index (χ0) is 15.5. The summed E-state index contributed by atoms with van der Waals surface area (Å²) in [5, 5.41) is 2.83. The largest absolute Gasteiger partial charge is 0.0726 e. The van der Waals surface area contributed by atoms with Crippen LogP contribution in [0.5, 0.6) is 0 Å². The molecule has 0 N–H and O–H groups in total. The Labute approximate surface area is 134 Å². The first-order valence-electron chi connectivity index (χ1n) is 8.66. The summed E-state index contributed by atoms with van der Waals surface area (Å²) in [6.45, 7) is 6.87. The molecule has 0 bridgehead atoms. The molecule has 114 valence electrons. The number of benzene rings is 2. The van der Waals surface area contributed by atoms with E-state index in [0.29, 0.717) is 5.92 Å². The fraction of sp³-hybridized carbons (Fsp3) is 0.364. The van der Waals surface area contributed by atoms with Gasteiger partial charge in [0.2, 0.25) is 0 Å². The molecule has 0 saturated heterocycles. The summed E-state index contributed by atoms with van der Waals surface area (Å²) >= 11 is 0. The number of hydrogen-bond acceptors (Lipinski definition) is 0. The van der Waals surface area contributed by atoms with E-state index >= 15 is 0 Å². The lowest BCUT2D eigenvalue weighted by Crippen LogP contribution is -1.94. The van der Waals surface area contributed by atoms with Crippen LogP contribution in [-0.2, 0) is 6.42 Å². The summed E-state index contributed by atoms with van der Waals surface area (Å²) in [6, 6.07) is 13.5. The van der Waals surface area contributed by atoms with Crippen molar-refractivity contribution in [2.45, 2.75) is 46.5 Å². The number of aryl methyl sites for hydroxylation is 1. The van der Waals surface area contributed by atoms with Gasteiger partial charge in [-0.1, -0.05) is 81.3 Å². The van der Waals surface area contributed by atoms with Gasteiger partial charge in [-0.25, -0.2) is 0 Å². The number of hydrogen-bond donors (Lipinski definition) is 0. The average molecular weight is 290 g/mol. The molecule has 0 aliphatic heterocycles. The van der Waals surface area contributed by atoms with Crippen LogP contribution in [0.4, 0.5) is 0 Å². The Hall–Kier alpha value is -1.82. The van der Waals surface area contributed by atoms with Crippen molar-refractivity contribution >= 4 is 16.3 Å². The fourth-order valence-electron chi connectivity index (χ4n) is 3.44. The predicted molar refractivity (Wildman–Crippen MR) is 98.1 cm³/mol. The van der Waals surface area contributed by atoms with Crippen LogP contribution in [0.2, 0.25) is 0 Å². The minimum atomic E-state index is 0.694. The molecule has 0 aromatic heterocycles. The lowest BCUT2D eigenvalue weighted by Gasteiger charge is -2.11. The van der Waals surface area contributed by atoms with Gasteiger partial charge in [0.1, 0.15) is 0 Å². The van der Waals surface area contributed by atoms with E-state index in [2.05, 4.69) is 69.3 Å². The SMILES string of the molecule is CCCc1ccc(C2=CCC(C(C)CC)=C2)c2ccccc12. The number of allylic oxidation sites excluding steroid dienone is 4. The zero-order valence-electron chi connectivity index (χ0n) is 14.0. The molecule has 3 rings (SSSR count). The topological polar surface area (TPSA) is 0 Å². The van der Waals surface area contributed by atoms with Crippen molar-refractivity contribution in [1.82, 2.24) is 0 Å². The molecule has 0 amide bonds. The highest BCUT2D eigenvalue weighted by molar-refractivity contribution is 5.98. The van der Waals surface area contributed by atoms with Gasteiger partial charge in [0.25, 0.3) is 0 Å². The van der Waals surface area contributed by atoms with Gasteiger partial charge in [-0.3, -0.25) is 0 Å². The first kappa shape index (κ1) is 15.1. The van der Waals surface area contributed by atoms with Crippen molar-refractivity contribution in [2.75, 3.05) is 0 Å². The lowest BCUT2D eigenvalue weighted by molar-refractivity contribution is 0.646. The third-order valence-corrected chi connectivity index (χ3v) is 4.99. The second kappa shape index (κ2) is 6.52. The Morgan fingerprint density at radius 1 is 1.00 bits per heavy atom. The smallest absolute Gasteiger partial charge is 0.0103 e. The maximum absolute atomic E-state index is 2.43. The Morgan fingerprint density at radius 3 is 2.50 bits per heavy atom. The second-order valence-electron chi connectivity index (χ2n) is 6.46. The molecule has 0 saturated carbocycles. The van der Waals surface area contributed by atoms with Gasteiger partial charge in [-0.05, 0) is 52.7 Å². The number of fused-ring (bicyclic) bond motifs is 1. The summed E-state index contributed by atoms with van der Waals surface area (Å²) in [7, 11) is 0. The normalized spacial score (nSPS) is 15.8. The molecule has 1 atom stereocenters. The first-order valence-corrected chi connectivity index (χ1v) is 8.66. The molecule has 0 radical (unpaired) electrons. The van der Waals surface area contributed by atoms with Gasteiger partial charge in [-0.2, -0.15) is 0 Å². The highest BCUT2D eigenvalue weighted by Crippen LogP contribution is 2.35. The van der Waals surface area contributed by atoms with Crippen molar-refractivity contribution < 1.29 is 0 Å². The maximum Gasteiger partial charge on any atom is -0.0103 e. The van der Waals surface area contributed by atoms with Crippen molar-refractivity contribution in [3.63, 3.8) is 0 Å². The van der Waals surface area contributed by atoms with Crippen LogP contribution in [0.1, 0.15) is 51.2 Å². The molecule has 2 aromatic carbocycles. The Kier molecular flexibility index (Phi) is 4.47. The van der Waals surface area contributed by atoms with Gasteiger partial charge in [-0.15, -0.1) is 0 Å². The van der Waals surface area contributed by atoms with Crippen LogP contribution in [0.25, 0.3) is 16.3 Å². The van der Waals surface area contributed by atoms with E-state index < -0.39 is 0 Å². The molecule has 2 aromatic rings. The van der Waals surface area contributed by atoms with E-state index in [1.54, 1.807) is 5.57 Å². The summed E-state index contributed by atoms with van der Waals surface area (Å²) in [5.74, 6) is 0.694. The van der Waals surface area contributed by atoms with Gasteiger partial charge >= 0.3 is 0 Å². The van der Waals surface area contributed by atoms with Crippen LogP contribution < -0.4 is 0 Å².